The first-order chi connectivity index (χ1) is 8.29. The van der Waals surface area contributed by atoms with Crippen molar-refractivity contribution in [3.05, 3.63) is 29.8 Å². The highest BCUT2D eigenvalue weighted by atomic mass is 32.2. The summed E-state index contributed by atoms with van der Waals surface area (Å²) >= 11 is 1.65. The maximum absolute atomic E-state index is 11.9. The molecule has 0 bridgehead atoms. The van der Waals surface area contributed by atoms with E-state index in [1.54, 1.807) is 11.8 Å². The number of thioether (sulfide) groups is 1. The maximum Gasteiger partial charge on any atom is 0.251 e. The molecule has 0 spiro atoms. The molecular weight excluding hydrogens is 232 g/mol. The predicted molar refractivity (Wildman–Crippen MR) is 71.6 cm³/mol. The van der Waals surface area contributed by atoms with Gasteiger partial charge in [0.2, 0.25) is 0 Å². The van der Waals surface area contributed by atoms with E-state index in [9.17, 15) is 4.79 Å². The summed E-state index contributed by atoms with van der Waals surface area (Å²) in [5.74, 6) is 0.0228. The first kappa shape index (κ1) is 12.5. The Kier molecular flexibility index (Phi) is 4.45. The normalized spacial score (nSPS) is 19.2. The number of nitrogens with one attached hydrogen (secondary N) is 2. The van der Waals surface area contributed by atoms with Crippen LogP contribution in [0.15, 0.2) is 29.2 Å². The van der Waals surface area contributed by atoms with Crippen LogP contribution in [0.3, 0.4) is 0 Å². The molecule has 0 unspecified atom stereocenters. The van der Waals surface area contributed by atoms with Gasteiger partial charge in [0.1, 0.15) is 0 Å². The highest BCUT2D eigenvalue weighted by Gasteiger charge is 2.15. The number of carbonyl (C=O) groups is 1. The molecule has 3 nitrogen and oxygen atoms in total. The van der Waals surface area contributed by atoms with Crippen LogP contribution in [0.2, 0.25) is 0 Å². The van der Waals surface area contributed by atoms with Crippen LogP contribution in [0, 0.1) is 0 Å². The monoisotopic (exact) mass is 250 g/mol. The van der Waals surface area contributed by atoms with E-state index in [0.717, 1.165) is 30.0 Å². The molecule has 1 aliphatic rings. The van der Waals surface area contributed by atoms with Crippen molar-refractivity contribution in [1.82, 2.24) is 10.6 Å². The summed E-state index contributed by atoms with van der Waals surface area (Å²) in [6, 6.07) is 8.18. The predicted octanol–water partition coefficient (Wildman–Crippen LogP) is 1.89. The fraction of sp³-hybridized carbons (Fsp3) is 0.462. The highest BCUT2D eigenvalue weighted by molar-refractivity contribution is 7.98. The van der Waals surface area contributed by atoms with Crippen molar-refractivity contribution in [1.29, 1.82) is 0 Å². The Morgan fingerprint density at radius 1 is 1.59 bits per heavy atom. The zero-order valence-corrected chi connectivity index (χ0v) is 10.8. The fourth-order valence-corrected chi connectivity index (χ4v) is 2.47. The van der Waals surface area contributed by atoms with E-state index in [0.29, 0.717) is 6.04 Å². The summed E-state index contributed by atoms with van der Waals surface area (Å²) in [6.45, 7) is 1.80. The van der Waals surface area contributed by atoms with Crippen molar-refractivity contribution in [2.45, 2.75) is 23.8 Å². The zero-order chi connectivity index (χ0) is 12.1. The van der Waals surface area contributed by atoms with E-state index < -0.39 is 0 Å². The fourth-order valence-electron chi connectivity index (χ4n) is 2.01. The van der Waals surface area contributed by atoms with Gasteiger partial charge >= 0.3 is 0 Å². The minimum absolute atomic E-state index is 0.0228. The summed E-state index contributed by atoms with van der Waals surface area (Å²) in [6.07, 6.45) is 4.38. The lowest BCUT2D eigenvalue weighted by Gasteiger charge is -2.11. The molecule has 1 atom stereocenters. The number of hydrogen-bond donors (Lipinski definition) is 2. The molecule has 1 aromatic carbocycles. The van der Waals surface area contributed by atoms with Gasteiger partial charge in [-0.15, -0.1) is 11.8 Å². The molecule has 92 valence electrons. The van der Waals surface area contributed by atoms with Gasteiger partial charge in [0, 0.05) is 23.0 Å². The Morgan fingerprint density at radius 3 is 3.18 bits per heavy atom. The van der Waals surface area contributed by atoms with Gasteiger partial charge in [0.25, 0.3) is 5.91 Å². The van der Waals surface area contributed by atoms with Crippen LogP contribution in [-0.2, 0) is 0 Å². The maximum atomic E-state index is 11.9. The van der Waals surface area contributed by atoms with Gasteiger partial charge in [0.15, 0.2) is 0 Å². The standard InChI is InChI=1S/C13H18N2OS/c1-17-12-6-2-4-10(8-12)13(16)15-9-11-5-3-7-14-11/h2,4,6,8,11,14H,3,5,7,9H2,1H3,(H,15,16)/t11-/m0/s1. The van der Waals surface area contributed by atoms with E-state index in [1.165, 1.54) is 6.42 Å². The third-order valence-corrected chi connectivity index (χ3v) is 3.73. The molecule has 1 saturated heterocycles. The lowest BCUT2D eigenvalue weighted by molar-refractivity contribution is 0.0950. The second-order valence-electron chi connectivity index (χ2n) is 4.24. The Labute approximate surface area is 106 Å². The highest BCUT2D eigenvalue weighted by Crippen LogP contribution is 2.15. The molecule has 4 heteroatoms. The van der Waals surface area contributed by atoms with Crippen molar-refractivity contribution in [2.24, 2.45) is 0 Å². The molecule has 17 heavy (non-hydrogen) atoms. The second kappa shape index (κ2) is 6.07. The third kappa shape index (κ3) is 3.48. The molecule has 0 aliphatic carbocycles. The van der Waals surface area contributed by atoms with Gasteiger partial charge in [-0.05, 0) is 43.8 Å². The van der Waals surface area contributed by atoms with Gasteiger partial charge < -0.3 is 10.6 Å². The minimum atomic E-state index is 0.0228. The summed E-state index contributed by atoms with van der Waals surface area (Å²) < 4.78 is 0. The first-order valence-corrected chi connectivity index (χ1v) is 7.17. The Hall–Kier alpha value is -1.00. The van der Waals surface area contributed by atoms with Crippen LogP contribution in [0.1, 0.15) is 23.2 Å². The molecule has 1 aromatic rings. The quantitative estimate of drug-likeness (QED) is 0.802. The van der Waals surface area contributed by atoms with Crippen LogP contribution in [0.5, 0.6) is 0 Å². The number of benzene rings is 1. The molecule has 1 heterocycles. The Morgan fingerprint density at radius 2 is 2.47 bits per heavy atom. The van der Waals surface area contributed by atoms with Gasteiger partial charge in [-0.3, -0.25) is 4.79 Å². The molecule has 2 rings (SSSR count). The molecule has 0 radical (unpaired) electrons. The van der Waals surface area contributed by atoms with E-state index in [1.807, 2.05) is 30.5 Å². The minimum Gasteiger partial charge on any atom is -0.350 e. The molecule has 0 saturated carbocycles. The summed E-state index contributed by atoms with van der Waals surface area (Å²) in [4.78, 5) is 13.0. The molecule has 1 fully saturated rings. The van der Waals surface area contributed by atoms with E-state index >= 15 is 0 Å². The van der Waals surface area contributed by atoms with Crippen molar-refractivity contribution in [3.8, 4) is 0 Å². The van der Waals surface area contributed by atoms with Gasteiger partial charge in [0.05, 0.1) is 0 Å². The van der Waals surface area contributed by atoms with Gasteiger partial charge in [-0.1, -0.05) is 6.07 Å². The lowest BCUT2D eigenvalue weighted by atomic mass is 10.2. The molecule has 1 aliphatic heterocycles. The van der Waals surface area contributed by atoms with Crippen molar-refractivity contribution in [3.63, 3.8) is 0 Å². The van der Waals surface area contributed by atoms with Crippen LogP contribution < -0.4 is 10.6 Å². The number of rotatable bonds is 4. The topological polar surface area (TPSA) is 41.1 Å². The summed E-state index contributed by atoms with van der Waals surface area (Å²) in [5, 5.41) is 6.35. The summed E-state index contributed by atoms with van der Waals surface area (Å²) in [7, 11) is 0. The van der Waals surface area contributed by atoms with E-state index in [-0.39, 0.29) is 5.91 Å². The van der Waals surface area contributed by atoms with Gasteiger partial charge in [-0.2, -0.15) is 0 Å². The average molecular weight is 250 g/mol. The van der Waals surface area contributed by atoms with Crippen LogP contribution >= 0.6 is 11.8 Å². The molecule has 1 amide bonds. The SMILES string of the molecule is CSc1cccc(C(=O)NC[C@@H]2CCCN2)c1. The average Bonchev–Trinajstić information content (AvgIpc) is 2.89. The third-order valence-electron chi connectivity index (χ3n) is 3.00. The second-order valence-corrected chi connectivity index (χ2v) is 5.11. The van der Waals surface area contributed by atoms with Crippen LogP contribution in [0.4, 0.5) is 0 Å². The van der Waals surface area contributed by atoms with Crippen LogP contribution in [0.25, 0.3) is 0 Å². The number of hydrogen-bond acceptors (Lipinski definition) is 3. The smallest absolute Gasteiger partial charge is 0.251 e. The Bertz CT molecular complexity index is 389. The van der Waals surface area contributed by atoms with Crippen LogP contribution in [-0.4, -0.2) is 31.3 Å². The summed E-state index contributed by atoms with van der Waals surface area (Å²) in [5.41, 5.74) is 0.745. The number of carbonyl (C=O) groups excluding carboxylic acids is 1. The molecule has 0 aromatic heterocycles. The van der Waals surface area contributed by atoms with Crippen molar-refractivity contribution in [2.75, 3.05) is 19.3 Å². The lowest BCUT2D eigenvalue weighted by Crippen LogP contribution is -2.37. The molecule has 2 N–H and O–H groups in total. The van der Waals surface area contributed by atoms with E-state index in [4.69, 9.17) is 0 Å². The van der Waals surface area contributed by atoms with Crippen molar-refractivity contribution >= 4 is 17.7 Å². The van der Waals surface area contributed by atoms with Crippen molar-refractivity contribution < 1.29 is 4.79 Å². The first-order valence-electron chi connectivity index (χ1n) is 5.95. The molecular formula is C13H18N2OS. The van der Waals surface area contributed by atoms with E-state index in [2.05, 4.69) is 10.6 Å². The van der Waals surface area contributed by atoms with Gasteiger partial charge in [-0.25, -0.2) is 0 Å². The Balaban J connectivity index is 1.89. The zero-order valence-electron chi connectivity index (χ0n) is 10.0. The largest absolute Gasteiger partial charge is 0.350 e. The number of amides is 1.